The van der Waals surface area contributed by atoms with Gasteiger partial charge < -0.3 is 15.0 Å². The molecular weight excluding hydrogens is 603 g/mol. The number of nitrogens with zero attached hydrogens (tertiary/aromatic N) is 3. The lowest BCUT2D eigenvalue weighted by Crippen LogP contribution is -2.41. The van der Waals surface area contributed by atoms with Gasteiger partial charge >= 0.3 is 0 Å². The third-order valence-corrected chi connectivity index (χ3v) is 8.57. The number of aromatic nitrogens is 1. The van der Waals surface area contributed by atoms with Crippen molar-refractivity contribution in [3.63, 3.8) is 0 Å². The van der Waals surface area contributed by atoms with Gasteiger partial charge in [-0.3, -0.25) is 14.5 Å². The Labute approximate surface area is 278 Å². The zero-order valence-electron chi connectivity index (χ0n) is 28.5. The van der Waals surface area contributed by atoms with Crippen molar-refractivity contribution in [2.75, 3.05) is 26.5 Å². The minimum absolute atomic E-state index is 0.0416. The monoisotopic (exact) mass is 648 g/mol. The van der Waals surface area contributed by atoms with Gasteiger partial charge in [-0.15, -0.1) is 0 Å². The molecule has 7 nitrogen and oxygen atoms in total. The highest BCUT2D eigenvalue weighted by molar-refractivity contribution is 6.36. The van der Waals surface area contributed by atoms with Crippen LogP contribution in [-0.4, -0.2) is 47.8 Å². The number of rotatable bonds is 6. The molecule has 46 heavy (non-hydrogen) atoms. The SMILES string of the molecule is C=C1N(C)C=C(C(=O)Nc2cccc(-c3c(F)ccc(-c4cc5c(c(OC)n4)CCC5)c3Cl)c2C)C(=O)N1C.CC.CCC(C)C. The second kappa shape index (κ2) is 15.9. The molecule has 0 saturated heterocycles. The van der Waals surface area contributed by atoms with Gasteiger partial charge in [0.15, 0.2) is 0 Å². The van der Waals surface area contributed by atoms with E-state index in [1.54, 1.807) is 57.3 Å². The van der Waals surface area contributed by atoms with Gasteiger partial charge in [-0.2, -0.15) is 0 Å². The maximum atomic E-state index is 15.3. The minimum Gasteiger partial charge on any atom is -0.481 e. The van der Waals surface area contributed by atoms with Gasteiger partial charge in [0, 0.05) is 42.7 Å². The van der Waals surface area contributed by atoms with E-state index in [1.165, 1.54) is 23.6 Å². The fourth-order valence-electron chi connectivity index (χ4n) is 5.09. The van der Waals surface area contributed by atoms with Crippen molar-refractivity contribution in [3.8, 4) is 28.3 Å². The molecule has 0 saturated carbocycles. The van der Waals surface area contributed by atoms with E-state index in [9.17, 15) is 9.59 Å². The van der Waals surface area contributed by atoms with Gasteiger partial charge in [-0.05, 0) is 73.1 Å². The highest BCUT2D eigenvalue weighted by Crippen LogP contribution is 2.42. The van der Waals surface area contributed by atoms with E-state index < -0.39 is 17.6 Å². The van der Waals surface area contributed by atoms with Crippen LogP contribution in [-0.2, 0) is 22.4 Å². The van der Waals surface area contributed by atoms with Crippen molar-refractivity contribution < 1.29 is 18.7 Å². The molecule has 2 amide bonds. The number of pyridine rings is 1. The molecule has 5 rings (SSSR count). The van der Waals surface area contributed by atoms with E-state index in [-0.39, 0.29) is 16.2 Å². The number of methoxy groups -OCH3 is 1. The van der Waals surface area contributed by atoms with Crippen molar-refractivity contribution in [3.05, 3.63) is 88.1 Å². The highest BCUT2D eigenvalue weighted by Gasteiger charge is 2.30. The first kappa shape index (κ1) is 36.3. The van der Waals surface area contributed by atoms with E-state index in [0.29, 0.717) is 39.8 Å². The number of fused-ring (bicyclic) bond motifs is 1. The van der Waals surface area contributed by atoms with Crippen LogP contribution in [0.4, 0.5) is 10.1 Å². The molecule has 0 unspecified atom stereocenters. The van der Waals surface area contributed by atoms with Crippen molar-refractivity contribution in [1.29, 1.82) is 0 Å². The topological polar surface area (TPSA) is 74.8 Å². The molecule has 0 radical (unpaired) electrons. The molecule has 0 bridgehead atoms. The zero-order valence-corrected chi connectivity index (χ0v) is 29.2. The Hall–Kier alpha value is -4.17. The first-order valence-corrected chi connectivity index (χ1v) is 16.1. The summed E-state index contributed by atoms with van der Waals surface area (Å²) < 4.78 is 20.9. The number of hydrogen-bond acceptors (Lipinski definition) is 5. The summed E-state index contributed by atoms with van der Waals surface area (Å²) in [6, 6.07) is 10.1. The first-order chi connectivity index (χ1) is 21.9. The average molecular weight is 649 g/mol. The van der Waals surface area contributed by atoms with Gasteiger partial charge in [-0.25, -0.2) is 9.37 Å². The fourth-order valence-corrected chi connectivity index (χ4v) is 5.45. The molecule has 246 valence electrons. The number of amides is 2. The van der Waals surface area contributed by atoms with Crippen molar-refractivity contribution >= 4 is 29.1 Å². The summed E-state index contributed by atoms with van der Waals surface area (Å²) in [5.41, 5.74) is 5.15. The molecule has 2 aliphatic rings. The van der Waals surface area contributed by atoms with E-state index in [4.69, 9.17) is 16.3 Å². The van der Waals surface area contributed by atoms with E-state index in [2.05, 4.69) is 37.7 Å². The van der Waals surface area contributed by atoms with Gasteiger partial charge in [0.05, 0.1) is 17.8 Å². The Morgan fingerprint density at radius 1 is 1.15 bits per heavy atom. The van der Waals surface area contributed by atoms with Crippen LogP contribution in [0.2, 0.25) is 5.02 Å². The summed E-state index contributed by atoms with van der Waals surface area (Å²) in [4.78, 5) is 33.4. The van der Waals surface area contributed by atoms with Gasteiger partial charge in [0.2, 0.25) is 5.88 Å². The van der Waals surface area contributed by atoms with Crippen LogP contribution in [0.15, 0.2) is 60.6 Å². The molecule has 2 heterocycles. The van der Waals surface area contributed by atoms with E-state index in [1.807, 2.05) is 19.9 Å². The Balaban J connectivity index is 0.000000752. The Kier molecular flexibility index (Phi) is 12.5. The van der Waals surface area contributed by atoms with Crippen LogP contribution >= 0.6 is 11.6 Å². The fraction of sp³-hybridized carbons (Fsp3) is 0.378. The molecular formula is C37H46ClFN4O3. The van der Waals surface area contributed by atoms with Crippen LogP contribution in [0.5, 0.6) is 5.88 Å². The smallest absolute Gasteiger partial charge is 0.266 e. The number of halogens is 2. The summed E-state index contributed by atoms with van der Waals surface area (Å²) in [6.07, 6.45) is 5.61. The number of nitrogens with one attached hydrogen (secondary N) is 1. The van der Waals surface area contributed by atoms with Crippen LogP contribution in [0.1, 0.15) is 64.2 Å². The van der Waals surface area contributed by atoms with Crippen LogP contribution < -0.4 is 10.1 Å². The number of ether oxygens (including phenoxy) is 1. The summed E-state index contributed by atoms with van der Waals surface area (Å²) >= 11 is 6.87. The molecule has 1 N–H and O–H groups in total. The Morgan fingerprint density at radius 3 is 2.46 bits per heavy atom. The molecule has 2 aromatic carbocycles. The van der Waals surface area contributed by atoms with Gasteiger partial charge in [-0.1, -0.05) is 71.4 Å². The summed E-state index contributed by atoms with van der Waals surface area (Å²) in [5.74, 6) is 0.347. The molecule has 3 aromatic rings. The number of hydrogen-bond donors (Lipinski definition) is 1. The third-order valence-electron chi connectivity index (χ3n) is 8.18. The molecule has 1 aromatic heterocycles. The largest absolute Gasteiger partial charge is 0.481 e. The van der Waals surface area contributed by atoms with Crippen LogP contribution in [0, 0.1) is 18.7 Å². The zero-order chi connectivity index (χ0) is 34.3. The number of anilines is 1. The van der Waals surface area contributed by atoms with Crippen molar-refractivity contribution in [1.82, 2.24) is 14.8 Å². The number of aryl methyl sites for hydroxylation is 1. The first-order valence-electron chi connectivity index (χ1n) is 15.8. The standard InChI is InChI=1S/C30H28ClFN4O3.C5H12.C2H6/c1-16-19(9-7-11-24(16)33-28(37)22-15-35(3)17(2)36(4)30(22)38)26-23(32)13-12-21(27(26)31)25-14-18-8-6-10-20(18)29(34-25)39-5;1-4-5(2)3;1-2/h7,9,11-15H,2,6,8,10H2,1,3-5H3,(H,33,37);5H,4H2,1-3H3;1-2H3. The Bertz CT molecular complexity index is 1650. The van der Waals surface area contributed by atoms with Crippen LogP contribution in [0.3, 0.4) is 0 Å². The average Bonchev–Trinajstić information content (AvgIpc) is 3.53. The quantitative estimate of drug-likeness (QED) is 0.271. The number of likely N-dealkylation sites (N-methyl/N-ethyl adjacent to an activating group) is 1. The van der Waals surface area contributed by atoms with Gasteiger partial charge in [0.1, 0.15) is 17.2 Å². The van der Waals surface area contributed by atoms with E-state index in [0.717, 1.165) is 36.3 Å². The normalized spacial score (nSPS) is 13.8. The molecule has 1 aliphatic carbocycles. The highest BCUT2D eigenvalue weighted by atomic mass is 35.5. The second-order valence-electron chi connectivity index (χ2n) is 11.5. The molecule has 1 aliphatic heterocycles. The molecule has 0 atom stereocenters. The molecule has 9 heteroatoms. The second-order valence-corrected chi connectivity index (χ2v) is 11.8. The number of carbonyl (C=O) groups excluding carboxylic acids is 2. The summed E-state index contributed by atoms with van der Waals surface area (Å²) in [5, 5.41) is 3.01. The number of benzene rings is 2. The maximum Gasteiger partial charge on any atom is 0.266 e. The molecule has 0 fully saturated rings. The maximum absolute atomic E-state index is 15.3. The van der Waals surface area contributed by atoms with Gasteiger partial charge in [0.25, 0.3) is 11.8 Å². The van der Waals surface area contributed by atoms with Crippen molar-refractivity contribution in [2.24, 2.45) is 5.92 Å². The third kappa shape index (κ3) is 7.61. The van der Waals surface area contributed by atoms with Crippen LogP contribution in [0.25, 0.3) is 22.4 Å². The minimum atomic E-state index is -0.582. The lowest BCUT2D eigenvalue weighted by Gasteiger charge is -2.31. The van der Waals surface area contributed by atoms with Crippen molar-refractivity contribution in [2.45, 2.75) is 67.2 Å². The predicted octanol–water partition coefficient (Wildman–Crippen LogP) is 8.79. The number of carbonyl (C=O) groups is 2. The lowest BCUT2D eigenvalue weighted by molar-refractivity contribution is -0.128. The Morgan fingerprint density at radius 2 is 1.83 bits per heavy atom. The van der Waals surface area contributed by atoms with E-state index >= 15 is 4.39 Å². The summed E-state index contributed by atoms with van der Waals surface area (Å²) in [7, 11) is 4.85. The summed E-state index contributed by atoms with van der Waals surface area (Å²) in [6.45, 7) is 16.2. The lowest BCUT2D eigenvalue weighted by atomic mass is 9.95. The molecule has 0 spiro atoms. The predicted molar refractivity (Wildman–Crippen MR) is 186 cm³/mol.